The van der Waals surface area contributed by atoms with Crippen molar-refractivity contribution < 1.29 is 19.1 Å². The number of amides is 2. The van der Waals surface area contributed by atoms with Crippen LogP contribution in [0.4, 0.5) is 0 Å². The number of fused-ring (bicyclic) bond motifs is 1. The Bertz CT molecular complexity index is 819. The first-order valence-corrected chi connectivity index (χ1v) is 9.29. The van der Waals surface area contributed by atoms with Gasteiger partial charge in [-0.3, -0.25) is 9.59 Å². The fraction of sp³-hybridized carbons (Fsp3) is 0.400. The average Bonchev–Trinajstić information content (AvgIpc) is 3.11. The van der Waals surface area contributed by atoms with E-state index >= 15 is 0 Å². The molecule has 2 aliphatic heterocycles. The molecule has 1 fully saturated rings. The van der Waals surface area contributed by atoms with E-state index in [1.54, 1.807) is 18.5 Å². The number of H-pyrrole nitrogens is 1. The summed E-state index contributed by atoms with van der Waals surface area (Å²) in [6, 6.07) is 7.42. The molecule has 1 aromatic carbocycles. The largest absolute Gasteiger partial charge is 0.486 e. The Kier molecular flexibility index (Phi) is 5.00. The summed E-state index contributed by atoms with van der Waals surface area (Å²) in [5.74, 6) is 1.51. The molecule has 0 atom stereocenters. The lowest BCUT2D eigenvalue weighted by Gasteiger charge is -2.23. The van der Waals surface area contributed by atoms with Crippen LogP contribution in [0.25, 0.3) is 0 Å². The number of rotatable bonds is 3. The minimum Gasteiger partial charge on any atom is -0.486 e. The van der Waals surface area contributed by atoms with Crippen LogP contribution in [0.2, 0.25) is 0 Å². The van der Waals surface area contributed by atoms with Gasteiger partial charge in [0.15, 0.2) is 11.5 Å². The number of aromatic nitrogens is 1. The Morgan fingerprint density at radius 2 is 1.74 bits per heavy atom. The van der Waals surface area contributed by atoms with Crippen molar-refractivity contribution in [3.63, 3.8) is 0 Å². The van der Waals surface area contributed by atoms with Crippen molar-refractivity contribution in [2.24, 2.45) is 0 Å². The van der Waals surface area contributed by atoms with E-state index in [0.717, 1.165) is 17.7 Å². The third-order valence-electron chi connectivity index (χ3n) is 4.94. The molecule has 2 aliphatic rings. The summed E-state index contributed by atoms with van der Waals surface area (Å²) in [4.78, 5) is 31.8. The summed E-state index contributed by atoms with van der Waals surface area (Å²) in [5.41, 5.74) is 1.57. The zero-order valence-corrected chi connectivity index (χ0v) is 15.1. The minimum absolute atomic E-state index is 0.0115. The smallest absolute Gasteiger partial charge is 0.255 e. The number of carbonyl (C=O) groups excluding carboxylic acids is 2. The van der Waals surface area contributed by atoms with Crippen LogP contribution in [0.15, 0.2) is 36.7 Å². The van der Waals surface area contributed by atoms with E-state index in [2.05, 4.69) is 4.98 Å². The maximum absolute atomic E-state index is 12.7. The molecule has 4 rings (SSSR count). The Hall–Kier alpha value is -2.96. The molecule has 0 spiro atoms. The molecule has 1 N–H and O–H groups in total. The number of hydrogen-bond acceptors (Lipinski definition) is 4. The Balaban J connectivity index is 1.36. The van der Waals surface area contributed by atoms with Crippen LogP contribution < -0.4 is 9.47 Å². The number of hydrogen-bond donors (Lipinski definition) is 1. The van der Waals surface area contributed by atoms with Gasteiger partial charge in [0.2, 0.25) is 5.91 Å². The molecule has 2 aromatic rings. The maximum Gasteiger partial charge on any atom is 0.255 e. The van der Waals surface area contributed by atoms with Crippen LogP contribution in [-0.4, -0.2) is 66.0 Å². The third kappa shape index (κ3) is 3.92. The molecule has 0 radical (unpaired) electrons. The van der Waals surface area contributed by atoms with Crippen molar-refractivity contribution in [2.75, 3.05) is 39.4 Å². The fourth-order valence-corrected chi connectivity index (χ4v) is 3.49. The van der Waals surface area contributed by atoms with Crippen molar-refractivity contribution in [1.82, 2.24) is 14.8 Å². The summed E-state index contributed by atoms with van der Waals surface area (Å²) in [6.07, 6.45) is 4.55. The summed E-state index contributed by atoms with van der Waals surface area (Å²) < 4.78 is 11.1. The number of nitrogens with one attached hydrogen (secondary N) is 1. The third-order valence-corrected chi connectivity index (χ3v) is 4.94. The second kappa shape index (κ2) is 7.73. The Morgan fingerprint density at radius 1 is 0.963 bits per heavy atom. The predicted molar refractivity (Wildman–Crippen MR) is 99.0 cm³/mol. The first-order valence-electron chi connectivity index (χ1n) is 9.29. The van der Waals surface area contributed by atoms with Crippen molar-refractivity contribution in [3.8, 4) is 11.5 Å². The second-order valence-corrected chi connectivity index (χ2v) is 6.78. The van der Waals surface area contributed by atoms with Crippen molar-refractivity contribution in [1.29, 1.82) is 0 Å². The van der Waals surface area contributed by atoms with Gasteiger partial charge in [0, 0.05) is 38.6 Å². The molecule has 142 valence electrons. The lowest BCUT2D eigenvalue weighted by Crippen LogP contribution is -2.37. The molecule has 2 amide bonds. The van der Waals surface area contributed by atoms with E-state index in [-0.39, 0.29) is 11.8 Å². The van der Waals surface area contributed by atoms with E-state index < -0.39 is 0 Å². The quantitative estimate of drug-likeness (QED) is 0.894. The first kappa shape index (κ1) is 17.5. The van der Waals surface area contributed by atoms with Gasteiger partial charge < -0.3 is 24.3 Å². The maximum atomic E-state index is 12.7. The van der Waals surface area contributed by atoms with Crippen LogP contribution in [-0.2, 0) is 11.2 Å². The summed E-state index contributed by atoms with van der Waals surface area (Å²) in [6.45, 7) is 3.52. The minimum atomic E-state index is 0.0115. The molecule has 27 heavy (non-hydrogen) atoms. The van der Waals surface area contributed by atoms with E-state index in [0.29, 0.717) is 57.1 Å². The highest BCUT2D eigenvalue weighted by Crippen LogP contribution is 2.31. The summed E-state index contributed by atoms with van der Waals surface area (Å²) >= 11 is 0. The highest BCUT2D eigenvalue weighted by atomic mass is 16.6. The normalized spacial score (nSPS) is 16.7. The molecule has 7 nitrogen and oxygen atoms in total. The van der Waals surface area contributed by atoms with Crippen LogP contribution in [0.3, 0.4) is 0 Å². The molecule has 0 aliphatic carbocycles. The number of ether oxygens (including phenoxy) is 2. The van der Waals surface area contributed by atoms with Crippen LogP contribution in [0, 0.1) is 0 Å². The lowest BCUT2D eigenvalue weighted by molar-refractivity contribution is -0.130. The van der Waals surface area contributed by atoms with Gasteiger partial charge in [-0.05, 0) is 30.2 Å². The first-order chi connectivity index (χ1) is 13.2. The zero-order valence-electron chi connectivity index (χ0n) is 15.1. The van der Waals surface area contributed by atoms with E-state index in [1.165, 1.54) is 0 Å². The summed E-state index contributed by atoms with van der Waals surface area (Å²) in [5, 5.41) is 0. The van der Waals surface area contributed by atoms with Crippen molar-refractivity contribution in [3.05, 3.63) is 47.8 Å². The fourth-order valence-electron chi connectivity index (χ4n) is 3.49. The van der Waals surface area contributed by atoms with Gasteiger partial charge in [0.25, 0.3) is 5.91 Å². The van der Waals surface area contributed by atoms with Crippen molar-refractivity contribution in [2.45, 2.75) is 12.8 Å². The van der Waals surface area contributed by atoms with Crippen molar-refractivity contribution >= 4 is 11.8 Å². The molecule has 0 bridgehead atoms. The molecule has 0 unspecified atom stereocenters. The number of aromatic amines is 1. The van der Waals surface area contributed by atoms with Crippen LogP contribution in [0.1, 0.15) is 22.3 Å². The van der Waals surface area contributed by atoms with E-state index in [9.17, 15) is 9.59 Å². The van der Waals surface area contributed by atoms with Gasteiger partial charge in [-0.15, -0.1) is 0 Å². The van der Waals surface area contributed by atoms with Crippen LogP contribution >= 0.6 is 0 Å². The number of nitrogens with zero attached hydrogens (tertiary/aromatic N) is 2. The SMILES string of the molecule is O=C(Cc1ccc2c(c1)OCCO2)N1CCCN(C(=O)c2cc[nH]c2)CC1. The van der Waals surface area contributed by atoms with Gasteiger partial charge in [-0.2, -0.15) is 0 Å². The van der Waals surface area contributed by atoms with Gasteiger partial charge in [-0.1, -0.05) is 6.07 Å². The Morgan fingerprint density at radius 3 is 2.56 bits per heavy atom. The van der Waals surface area contributed by atoms with E-state index in [1.807, 2.05) is 28.0 Å². The monoisotopic (exact) mass is 369 g/mol. The van der Waals surface area contributed by atoms with Gasteiger partial charge in [0.1, 0.15) is 13.2 Å². The molecule has 1 saturated heterocycles. The average molecular weight is 369 g/mol. The predicted octanol–water partition coefficient (Wildman–Crippen LogP) is 1.70. The van der Waals surface area contributed by atoms with Gasteiger partial charge in [-0.25, -0.2) is 0 Å². The zero-order chi connectivity index (χ0) is 18.6. The highest BCUT2D eigenvalue weighted by Gasteiger charge is 2.23. The van der Waals surface area contributed by atoms with Crippen LogP contribution in [0.5, 0.6) is 11.5 Å². The number of benzene rings is 1. The molecule has 7 heteroatoms. The summed E-state index contributed by atoms with van der Waals surface area (Å²) in [7, 11) is 0. The topological polar surface area (TPSA) is 74.9 Å². The Labute approximate surface area is 157 Å². The van der Waals surface area contributed by atoms with Gasteiger partial charge >= 0.3 is 0 Å². The molecule has 1 aromatic heterocycles. The van der Waals surface area contributed by atoms with E-state index in [4.69, 9.17) is 9.47 Å². The molecular weight excluding hydrogens is 346 g/mol. The molecule has 3 heterocycles. The molecule has 0 saturated carbocycles. The second-order valence-electron chi connectivity index (χ2n) is 6.78. The van der Waals surface area contributed by atoms with Gasteiger partial charge in [0.05, 0.1) is 12.0 Å². The lowest BCUT2D eigenvalue weighted by atomic mass is 10.1. The number of carbonyl (C=O) groups is 2. The highest BCUT2D eigenvalue weighted by molar-refractivity contribution is 5.94. The molecular formula is C20H23N3O4. The standard InChI is InChI=1S/C20H23N3O4/c24-19(13-15-2-3-17-18(12-15)27-11-10-26-17)22-6-1-7-23(9-8-22)20(25)16-4-5-21-14-16/h2-5,12,14,21H,1,6-11,13H2.